The third-order valence-corrected chi connectivity index (χ3v) is 4.50. The molecule has 0 bridgehead atoms. The Morgan fingerprint density at radius 1 is 0.889 bits per heavy atom. The maximum absolute atomic E-state index is 12.7. The van der Waals surface area contributed by atoms with Crippen molar-refractivity contribution in [2.45, 2.75) is 27.7 Å². The largest absolute Gasteiger partial charge is 0.326 e. The Balaban J connectivity index is 2.13. The molecule has 0 aliphatic rings. The van der Waals surface area contributed by atoms with Gasteiger partial charge in [0.05, 0.1) is 0 Å². The van der Waals surface area contributed by atoms with Crippen LogP contribution in [-0.2, 0) is 14.4 Å². The van der Waals surface area contributed by atoms with E-state index in [1.165, 1.54) is 20.8 Å². The van der Waals surface area contributed by atoms with Crippen LogP contribution in [0.15, 0.2) is 42.5 Å². The summed E-state index contributed by atoms with van der Waals surface area (Å²) >= 11 is 6.07. The van der Waals surface area contributed by atoms with Gasteiger partial charge in [0.15, 0.2) is 0 Å². The third kappa shape index (κ3) is 5.08. The quantitative estimate of drug-likeness (QED) is 0.671. The molecule has 6 nitrogen and oxygen atoms in total. The van der Waals surface area contributed by atoms with Gasteiger partial charge in [-0.05, 0) is 56.7 Å². The topological polar surface area (TPSA) is 87.3 Å². The Morgan fingerprint density at radius 3 is 2.07 bits per heavy atom. The van der Waals surface area contributed by atoms with Crippen molar-refractivity contribution in [2.24, 2.45) is 5.41 Å². The molecule has 0 aliphatic heterocycles. The number of hydrogen-bond donors (Lipinski definition) is 3. The van der Waals surface area contributed by atoms with Gasteiger partial charge in [0.25, 0.3) is 0 Å². The zero-order chi connectivity index (χ0) is 20.2. The van der Waals surface area contributed by atoms with Gasteiger partial charge in [0.2, 0.25) is 17.7 Å². The first-order valence-electron chi connectivity index (χ1n) is 8.37. The molecule has 142 valence electrons. The van der Waals surface area contributed by atoms with E-state index in [2.05, 4.69) is 16.0 Å². The second-order valence-electron chi connectivity index (χ2n) is 6.71. The van der Waals surface area contributed by atoms with Crippen LogP contribution in [0.2, 0.25) is 5.02 Å². The van der Waals surface area contributed by atoms with Gasteiger partial charge in [-0.1, -0.05) is 23.7 Å². The van der Waals surface area contributed by atoms with Crippen molar-refractivity contribution < 1.29 is 14.4 Å². The highest BCUT2D eigenvalue weighted by molar-refractivity contribution is 6.31. The predicted molar refractivity (Wildman–Crippen MR) is 108 cm³/mol. The molecule has 0 saturated heterocycles. The predicted octanol–water partition coefficient (Wildman–Crippen LogP) is 4.21. The van der Waals surface area contributed by atoms with Crippen molar-refractivity contribution in [1.82, 2.24) is 0 Å². The van der Waals surface area contributed by atoms with Crippen molar-refractivity contribution in [1.29, 1.82) is 0 Å². The van der Waals surface area contributed by atoms with Gasteiger partial charge in [-0.3, -0.25) is 14.4 Å². The summed E-state index contributed by atoms with van der Waals surface area (Å²) in [6.45, 7) is 6.26. The lowest BCUT2D eigenvalue weighted by atomic mass is 9.90. The van der Waals surface area contributed by atoms with E-state index in [0.717, 1.165) is 5.56 Å². The minimum atomic E-state index is -1.33. The highest BCUT2D eigenvalue weighted by Crippen LogP contribution is 2.27. The number of halogens is 1. The van der Waals surface area contributed by atoms with Crippen LogP contribution in [0.4, 0.5) is 17.1 Å². The molecule has 0 fully saturated rings. The molecular weight excluding hydrogens is 366 g/mol. The average Bonchev–Trinajstić information content (AvgIpc) is 2.58. The molecular formula is C20H22ClN3O3. The number of carbonyl (C=O) groups is 3. The lowest BCUT2D eigenvalue weighted by Gasteiger charge is -2.23. The number of rotatable bonds is 5. The van der Waals surface area contributed by atoms with Crippen LogP contribution >= 0.6 is 11.6 Å². The molecule has 0 unspecified atom stereocenters. The molecule has 0 spiro atoms. The minimum absolute atomic E-state index is 0.213. The molecule has 0 aromatic heterocycles. The van der Waals surface area contributed by atoms with E-state index in [9.17, 15) is 14.4 Å². The van der Waals surface area contributed by atoms with Crippen molar-refractivity contribution in [3.63, 3.8) is 0 Å². The van der Waals surface area contributed by atoms with Crippen LogP contribution in [0.3, 0.4) is 0 Å². The first-order chi connectivity index (χ1) is 12.6. The van der Waals surface area contributed by atoms with Gasteiger partial charge in [-0.15, -0.1) is 0 Å². The molecule has 0 atom stereocenters. The molecule has 27 heavy (non-hydrogen) atoms. The fraction of sp³-hybridized carbons (Fsp3) is 0.250. The second-order valence-corrected chi connectivity index (χ2v) is 7.11. The number of amides is 3. The van der Waals surface area contributed by atoms with Crippen LogP contribution in [0.5, 0.6) is 0 Å². The van der Waals surface area contributed by atoms with Crippen molar-refractivity contribution in [3.05, 3.63) is 53.1 Å². The van der Waals surface area contributed by atoms with Crippen LogP contribution < -0.4 is 16.0 Å². The van der Waals surface area contributed by atoms with Gasteiger partial charge in [-0.2, -0.15) is 0 Å². The second kappa shape index (κ2) is 8.22. The highest BCUT2D eigenvalue weighted by atomic mass is 35.5. The van der Waals surface area contributed by atoms with E-state index in [4.69, 9.17) is 11.6 Å². The Labute approximate surface area is 163 Å². The first kappa shape index (κ1) is 20.5. The molecule has 2 aromatic carbocycles. The molecule has 0 aliphatic carbocycles. The zero-order valence-corrected chi connectivity index (χ0v) is 16.4. The summed E-state index contributed by atoms with van der Waals surface area (Å²) in [5.41, 5.74) is 0.981. The molecule has 2 rings (SSSR count). The summed E-state index contributed by atoms with van der Waals surface area (Å²) in [5.74, 6) is -1.14. The van der Waals surface area contributed by atoms with Gasteiger partial charge < -0.3 is 16.0 Å². The smallest absolute Gasteiger partial charge is 0.239 e. The minimum Gasteiger partial charge on any atom is -0.326 e. The maximum Gasteiger partial charge on any atom is 0.239 e. The zero-order valence-electron chi connectivity index (χ0n) is 15.6. The Bertz CT molecular complexity index is 894. The van der Waals surface area contributed by atoms with Gasteiger partial charge >= 0.3 is 0 Å². The fourth-order valence-electron chi connectivity index (χ4n) is 2.29. The van der Waals surface area contributed by atoms with Gasteiger partial charge in [0, 0.05) is 29.0 Å². The molecule has 7 heteroatoms. The standard InChI is InChI=1S/C20H22ClN3O3/c1-12-16(21)9-6-10-17(12)24-19(27)20(3,4)18(26)23-15-8-5-7-14(11-15)22-13(2)25/h5-11H,1-4H3,(H,22,25)(H,23,26)(H,24,27). The van der Waals surface area contributed by atoms with Crippen LogP contribution in [0.25, 0.3) is 0 Å². The van der Waals surface area contributed by atoms with Crippen LogP contribution in [0.1, 0.15) is 26.3 Å². The molecule has 0 heterocycles. The summed E-state index contributed by atoms with van der Waals surface area (Å²) < 4.78 is 0. The Hall–Kier alpha value is -2.86. The number of benzene rings is 2. The average molecular weight is 388 g/mol. The SMILES string of the molecule is CC(=O)Nc1cccc(NC(=O)C(C)(C)C(=O)Nc2cccc(Cl)c2C)c1. The summed E-state index contributed by atoms with van der Waals surface area (Å²) in [4.78, 5) is 36.5. The summed E-state index contributed by atoms with van der Waals surface area (Å²) in [6.07, 6.45) is 0. The summed E-state index contributed by atoms with van der Waals surface area (Å²) in [6, 6.07) is 11.9. The number of hydrogen-bond acceptors (Lipinski definition) is 3. The lowest BCUT2D eigenvalue weighted by molar-refractivity contribution is -0.135. The first-order valence-corrected chi connectivity index (χ1v) is 8.74. The highest BCUT2D eigenvalue weighted by Gasteiger charge is 2.36. The molecule has 2 aromatic rings. The van der Waals surface area contributed by atoms with Crippen molar-refractivity contribution in [3.8, 4) is 0 Å². The van der Waals surface area contributed by atoms with Gasteiger partial charge in [-0.25, -0.2) is 0 Å². The van der Waals surface area contributed by atoms with E-state index >= 15 is 0 Å². The maximum atomic E-state index is 12.7. The summed E-state index contributed by atoms with van der Waals surface area (Å²) in [5, 5.41) is 8.64. The normalized spacial score (nSPS) is 10.9. The van der Waals surface area contributed by atoms with Crippen molar-refractivity contribution >= 4 is 46.4 Å². The van der Waals surface area contributed by atoms with E-state index in [1.807, 2.05) is 0 Å². The van der Waals surface area contributed by atoms with Crippen molar-refractivity contribution in [2.75, 3.05) is 16.0 Å². The molecule has 3 amide bonds. The number of anilines is 3. The number of nitrogens with one attached hydrogen (secondary N) is 3. The number of carbonyl (C=O) groups excluding carboxylic acids is 3. The van der Waals surface area contributed by atoms with E-state index in [1.54, 1.807) is 49.4 Å². The summed E-state index contributed by atoms with van der Waals surface area (Å²) in [7, 11) is 0. The molecule has 0 radical (unpaired) electrons. The van der Waals surface area contributed by atoms with E-state index in [-0.39, 0.29) is 5.91 Å². The molecule has 0 saturated carbocycles. The molecule has 3 N–H and O–H groups in total. The fourth-order valence-corrected chi connectivity index (χ4v) is 2.46. The van der Waals surface area contributed by atoms with Crippen LogP contribution in [0, 0.1) is 12.3 Å². The monoisotopic (exact) mass is 387 g/mol. The van der Waals surface area contributed by atoms with Gasteiger partial charge in [0.1, 0.15) is 5.41 Å². The van der Waals surface area contributed by atoms with Crippen LogP contribution in [-0.4, -0.2) is 17.7 Å². The Kier molecular flexibility index (Phi) is 6.23. The van der Waals surface area contributed by atoms with E-state index < -0.39 is 17.2 Å². The third-order valence-electron chi connectivity index (χ3n) is 4.09. The van der Waals surface area contributed by atoms with E-state index in [0.29, 0.717) is 22.1 Å². The lowest BCUT2D eigenvalue weighted by Crippen LogP contribution is -2.41. The Morgan fingerprint density at radius 2 is 1.44 bits per heavy atom.